The molecule has 1 N–H and O–H groups in total. The van der Waals surface area contributed by atoms with Gasteiger partial charge in [-0.05, 0) is 29.8 Å². The van der Waals surface area contributed by atoms with Crippen LogP contribution >= 0.6 is 23.2 Å². The molecule has 3 rings (SSSR count). The van der Waals surface area contributed by atoms with Crippen molar-refractivity contribution in [3.05, 3.63) is 69.7 Å². The molecule has 0 bridgehead atoms. The Morgan fingerprint density at radius 2 is 2.04 bits per heavy atom. The van der Waals surface area contributed by atoms with E-state index < -0.39 is 0 Å². The predicted octanol–water partition coefficient (Wildman–Crippen LogP) is 4.65. The Morgan fingerprint density at radius 3 is 2.87 bits per heavy atom. The minimum absolute atomic E-state index is 0.0437. The van der Waals surface area contributed by atoms with Gasteiger partial charge in [0.25, 0.3) is 0 Å². The molecule has 0 fully saturated rings. The van der Waals surface area contributed by atoms with Gasteiger partial charge in [0.1, 0.15) is 5.75 Å². The van der Waals surface area contributed by atoms with Crippen LogP contribution in [0.1, 0.15) is 23.6 Å². The quantitative estimate of drug-likeness (QED) is 0.821. The van der Waals surface area contributed by atoms with Crippen molar-refractivity contribution in [2.45, 2.75) is 12.5 Å². The molecule has 1 aliphatic heterocycles. The number of carbonyl (C=O) groups excluding carboxylic acids is 1. The maximum atomic E-state index is 12.2. The van der Waals surface area contributed by atoms with Gasteiger partial charge in [0, 0.05) is 28.1 Å². The molecule has 23 heavy (non-hydrogen) atoms. The highest BCUT2D eigenvalue weighted by Crippen LogP contribution is 2.31. The summed E-state index contributed by atoms with van der Waals surface area (Å²) in [5, 5.41) is 4.08. The minimum atomic E-state index is -0.169. The lowest BCUT2D eigenvalue weighted by Gasteiger charge is -2.26. The normalized spacial score (nSPS) is 16.7. The molecule has 118 valence electrons. The smallest absolute Gasteiger partial charge is 0.244 e. The molecule has 1 atom stereocenters. The van der Waals surface area contributed by atoms with Crippen LogP contribution in [0.15, 0.2) is 48.5 Å². The molecule has 0 aliphatic carbocycles. The van der Waals surface area contributed by atoms with Crippen molar-refractivity contribution in [2.75, 3.05) is 6.61 Å². The monoisotopic (exact) mass is 347 g/mol. The van der Waals surface area contributed by atoms with Crippen LogP contribution in [-0.2, 0) is 4.79 Å². The van der Waals surface area contributed by atoms with E-state index in [0.717, 1.165) is 23.3 Å². The lowest BCUT2D eigenvalue weighted by Crippen LogP contribution is -2.30. The van der Waals surface area contributed by atoms with Crippen LogP contribution in [0.5, 0.6) is 5.75 Å². The third-order valence-corrected chi connectivity index (χ3v) is 4.21. The first-order valence-corrected chi connectivity index (χ1v) is 8.04. The SMILES string of the molecule is O=C(/C=C/c1ccc(Cl)cc1Cl)N[C@H]1CCOc2ccccc21. The summed E-state index contributed by atoms with van der Waals surface area (Å²) in [6.07, 6.45) is 3.91. The third-order valence-electron chi connectivity index (χ3n) is 3.65. The standard InChI is InChI=1S/C18H15Cl2NO2/c19-13-7-5-12(15(20)11-13)6-8-18(22)21-16-9-10-23-17-4-2-1-3-14(16)17/h1-8,11,16H,9-10H2,(H,21,22)/b8-6+/t16-/m0/s1. The van der Waals surface area contributed by atoms with Gasteiger partial charge in [0.2, 0.25) is 5.91 Å². The number of halogens is 2. The molecule has 1 amide bonds. The second-order valence-corrected chi connectivity index (χ2v) is 6.08. The Balaban J connectivity index is 1.69. The average Bonchev–Trinajstić information content (AvgIpc) is 2.54. The van der Waals surface area contributed by atoms with Gasteiger partial charge < -0.3 is 10.1 Å². The summed E-state index contributed by atoms with van der Waals surface area (Å²) in [5.74, 6) is 0.659. The number of fused-ring (bicyclic) bond motifs is 1. The van der Waals surface area contributed by atoms with Gasteiger partial charge >= 0.3 is 0 Å². The highest BCUT2D eigenvalue weighted by Gasteiger charge is 2.21. The number of para-hydroxylation sites is 1. The second-order valence-electron chi connectivity index (χ2n) is 5.24. The zero-order chi connectivity index (χ0) is 16.2. The highest BCUT2D eigenvalue weighted by atomic mass is 35.5. The summed E-state index contributed by atoms with van der Waals surface area (Å²) in [6.45, 7) is 0.592. The van der Waals surface area contributed by atoms with Crippen LogP contribution in [0.25, 0.3) is 6.08 Å². The molecule has 2 aromatic rings. The molecule has 0 aromatic heterocycles. The van der Waals surface area contributed by atoms with Crippen molar-refractivity contribution in [1.29, 1.82) is 0 Å². The lowest BCUT2D eigenvalue weighted by atomic mass is 10.0. The van der Waals surface area contributed by atoms with Crippen LogP contribution < -0.4 is 10.1 Å². The Bertz CT molecular complexity index is 758. The fourth-order valence-electron chi connectivity index (χ4n) is 2.51. The van der Waals surface area contributed by atoms with Gasteiger partial charge in [0.15, 0.2) is 0 Å². The van der Waals surface area contributed by atoms with Gasteiger partial charge in [0.05, 0.1) is 12.6 Å². The maximum Gasteiger partial charge on any atom is 0.244 e. The maximum absolute atomic E-state index is 12.2. The van der Waals surface area contributed by atoms with Crippen LogP contribution in [0.2, 0.25) is 10.0 Å². The van der Waals surface area contributed by atoms with E-state index >= 15 is 0 Å². The molecule has 1 aliphatic rings. The number of amides is 1. The number of carbonyl (C=O) groups is 1. The first-order chi connectivity index (χ1) is 11.1. The van der Waals surface area contributed by atoms with Crippen molar-refractivity contribution in [1.82, 2.24) is 5.32 Å². The molecule has 0 saturated carbocycles. The number of benzene rings is 2. The average molecular weight is 348 g/mol. The Morgan fingerprint density at radius 1 is 1.22 bits per heavy atom. The highest BCUT2D eigenvalue weighted by molar-refractivity contribution is 6.35. The number of hydrogen-bond donors (Lipinski definition) is 1. The van der Waals surface area contributed by atoms with Crippen molar-refractivity contribution >= 4 is 35.2 Å². The minimum Gasteiger partial charge on any atom is -0.493 e. The summed E-state index contributed by atoms with van der Waals surface area (Å²) in [6, 6.07) is 12.9. The summed E-state index contributed by atoms with van der Waals surface area (Å²) >= 11 is 11.9. The Kier molecular flexibility index (Phi) is 4.89. The summed E-state index contributed by atoms with van der Waals surface area (Å²) in [5.41, 5.74) is 1.75. The van der Waals surface area contributed by atoms with E-state index in [-0.39, 0.29) is 11.9 Å². The summed E-state index contributed by atoms with van der Waals surface area (Å²) < 4.78 is 5.59. The largest absolute Gasteiger partial charge is 0.493 e. The number of ether oxygens (including phenoxy) is 1. The van der Waals surface area contributed by atoms with Crippen molar-refractivity contribution in [3.8, 4) is 5.75 Å². The van der Waals surface area contributed by atoms with E-state index in [4.69, 9.17) is 27.9 Å². The molecular weight excluding hydrogens is 333 g/mol. The topological polar surface area (TPSA) is 38.3 Å². The van der Waals surface area contributed by atoms with Crippen LogP contribution in [-0.4, -0.2) is 12.5 Å². The first kappa shape index (κ1) is 15.9. The molecular formula is C18H15Cl2NO2. The summed E-state index contributed by atoms with van der Waals surface area (Å²) in [4.78, 5) is 12.2. The van der Waals surface area contributed by atoms with Gasteiger partial charge in [-0.25, -0.2) is 0 Å². The zero-order valence-electron chi connectivity index (χ0n) is 12.3. The van der Waals surface area contributed by atoms with E-state index in [9.17, 15) is 4.79 Å². The van der Waals surface area contributed by atoms with Gasteiger partial charge in [-0.1, -0.05) is 47.5 Å². The fourth-order valence-corrected chi connectivity index (χ4v) is 2.99. The van der Waals surface area contributed by atoms with E-state index in [1.807, 2.05) is 24.3 Å². The molecule has 5 heteroatoms. The van der Waals surface area contributed by atoms with Gasteiger partial charge in [-0.15, -0.1) is 0 Å². The first-order valence-electron chi connectivity index (χ1n) is 7.29. The van der Waals surface area contributed by atoms with Gasteiger partial charge in [-0.3, -0.25) is 4.79 Å². The molecule has 1 heterocycles. The lowest BCUT2D eigenvalue weighted by molar-refractivity contribution is -0.117. The second kappa shape index (κ2) is 7.07. The van der Waals surface area contributed by atoms with Crippen LogP contribution in [0, 0.1) is 0 Å². The molecule has 0 radical (unpaired) electrons. The fraction of sp³-hybridized carbons (Fsp3) is 0.167. The Labute approximate surface area is 144 Å². The molecule has 3 nitrogen and oxygen atoms in total. The number of hydrogen-bond acceptors (Lipinski definition) is 2. The van der Waals surface area contributed by atoms with Crippen LogP contribution in [0.3, 0.4) is 0 Å². The molecule has 0 unspecified atom stereocenters. The zero-order valence-corrected chi connectivity index (χ0v) is 13.8. The van der Waals surface area contributed by atoms with E-state index in [2.05, 4.69) is 5.32 Å². The van der Waals surface area contributed by atoms with Crippen molar-refractivity contribution in [2.24, 2.45) is 0 Å². The van der Waals surface area contributed by atoms with E-state index in [1.54, 1.807) is 24.3 Å². The number of rotatable bonds is 3. The van der Waals surface area contributed by atoms with Crippen LogP contribution in [0.4, 0.5) is 0 Å². The van der Waals surface area contributed by atoms with Crippen molar-refractivity contribution in [3.63, 3.8) is 0 Å². The van der Waals surface area contributed by atoms with E-state index in [0.29, 0.717) is 16.7 Å². The predicted molar refractivity (Wildman–Crippen MR) is 92.9 cm³/mol. The van der Waals surface area contributed by atoms with Gasteiger partial charge in [-0.2, -0.15) is 0 Å². The summed E-state index contributed by atoms with van der Waals surface area (Å²) in [7, 11) is 0. The van der Waals surface area contributed by atoms with Crippen molar-refractivity contribution < 1.29 is 9.53 Å². The molecule has 2 aromatic carbocycles. The van der Waals surface area contributed by atoms with E-state index in [1.165, 1.54) is 6.08 Å². The Hall–Kier alpha value is -1.97. The molecule has 0 saturated heterocycles. The third kappa shape index (κ3) is 3.87. The number of nitrogens with one attached hydrogen (secondary N) is 1. The molecule has 0 spiro atoms.